The highest BCUT2D eigenvalue weighted by molar-refractivity contribution is 5.74. The van der Waals surface area contributed by atoms with E-state index in [2.05, 4.69) is 4.98 Å². The van der Waals surface area contributed by atoms with Crippen molar-refractivity contribution in [1.82, 2.24) is 4.98 Å². The molecule has 4 heteroatoms. The average molecular weight is 138 g/mol. The fraction of sp³-hybridized carbons (Fsp3) is 0. The van der Waals surface area contributed by atoms with Crippen molar-refractivity contribution in [2.75, 3.05) is 5.73 Å². The van der Waals surface area contributed by atoms with Crippen LogP contribution < -0.4 is 11.2 Å². The highest BCUT2D eigenvalue weighted by Crippen LogP contribution is 1.89. The number of nitrogens with two attached hydrogens (primary N) is 1. The normalized spacial score (nSPS) is 9.20. The quantitative estimate of drug-likeness (QED) is 0.526. The molecule has 0 atom stereocenters. The van der Waals surface area contributed by atoms with Crippen LogP contribution in [0.5, 0.6) is 0 Å². The van der Waals surface area contributed by atoms with Crippen molar-refractivity contribution in [1.29, 1.82) is 0 Å². The number of aldehydes is 1. The Labute approximate surface area is 56.7 Å². The molecule has 0 radical (unpaired) electrons. The molecule has 4 nitrogen and oxygen atoms in total. The van der Waals surface area contributed by atoms with Crippen LogP contribution in [0.1, 0.15) is 10.4 Å². The fourth-order valence-corrected chi connectivity index (χ4v) is 0.591. The molecule has 1 rings (SSSR count). The van der Waals surface area contributed by atoms with Crippen LogP contribution in [0, 0.1) is 0 Å². The molecule has 3 N–H and O–H groups in total. The van der Waals surface area contributed by atoms with Crippen LogP contribution in [0.3, 0.4) is 0 Å². The van der Waals surface area contributed by atoms with E-state index in [1.54, 1.807) is 0 Å². The molecule has 1 aromatic heterocycles. The van der Waals surface area contributed by atoms with Gasteiger partial charge in [-0.3, -0.25) is 9.59 Å². The summed E-state index contributed by atoms with van der Waals surface area (Å²) >= 11 is 0. The first kappa shape index (κ1) is 6.54. The van der Waals surface area contributed by atoms with Gasteiger partial charge in [0.2, 0.25) is 0 Å². The summed E-state index contributed by atoms with van der Waals surface area (Å²) < 4.78 is 0. The third-order valence-electron chi connectivity index (χ3n) is 1.09. The largest absolute Gasteiger partial charge is 0.385 e. The Morgan fingerprint density at radius 2 is 2.30 bits per heavy atom. The third kappa shape index (κ3) is 1.05. The zero-order valence-corrected chi connectivity index (χ0v) is 5.13. The minimum absolute atomic E-state index is 0.0919. The molecule has 0 saturated carbocycles. The third-order valence-corrected chi connectivity index (χ3v) is 1.09. The Balaban J connectivity index is 3.33. The first-order valence-electron chi connectivity index (χ1n) is 2.67. The monoisotopic (exact) mass is 138 g/mol. The van der Waals surface area contributed by atoms with Crippen molar-refractivity contribution in [2.24, 2.45) is 0 Å². The van der Waals surface area contributed by atoms with Gasteiger partial charge in [-0.25, -0.2) is 0 Å². The molecule has 0 aliphatic heterocycles. The van der Waals surface area contributed by atoms with Gasteiger partial charge in [-0.05, 0) is 0 Å². The zero-order chi connectivity index (χ0) is 7.56. The van der Waals surface area contributed by atoms with Gasteiger partial charge < -0.3 is 10.7 Å². The number of aromatic nitrogens is 1. The van der Waals surface area contributed by atoms with Crippen LogP contribution >= 0.6 is 0 Å². The molecule has 1 aromatic rings. The van der Waals surface area contributed by atoms with Gasteiger partial charge in [0.05, 0.1) is 5.56 Å². The maximum Gasteiger partial charge on any atom is 0.194 e. The predicted octanol–water partition coefficient (Wildman–Crippen LogP) is -0.230. The lowest BCUT2D eigenvalue weighted by Gasteiger charge is -1.90. The Kier molecular flexibility index (Phi) is 1.53. The number of anilines is 1. The van der Waals surface area contributed by atoms with Crippen molar-refractivity contribution < 1.29 is 4.79 Å². The number of carbonyl (C=O) groups excluding carboxylic acids is 1. The van der Waals surface area contributed by atoms with Crippen LogP contribution in [-0.2, 0) is 0 Å². The highest BCUT2D eigenvalue weighted by Gasteiger charge is 1.95. The van der Waals surface area contributed by atoms with E-state index in [-0.39, 0.29) is 16.8 Å². The molecule has 0 bridgehead atoms. The summed E-state index contributed by atoms with van der Waals surface area (Å²) in [6.07, 6.45) is 1.77. The molecule has 0 amide bonds. The number of hydrogen-bond donors (Lipinski definition) is 2. The van der Waals surface area contributed by atoms with E-state index in [0.29, 0.717) is 6.29 Å². The molecule has 0 aromatic carbocycles. The lowest BCUT2D eigenvalue weighted by molar-refractivity contribution is 0.112. The van der Waals surface area contributed by atoms with E-state index in [1.165, 1.54) is 12.3 Å². The number of rotatable bonds is 1. The lowest BCUT2D eigenvalue weighted by Crippen LogP contribution is -2.08. The fourth-order valence-electron chi connectivity index (χ4n) is 0.591. The van der Waals surface area contributed by atoms with Gasteiger partial charge in [-0.15, -0.1) is 0 Å². The van der Waals surface area contributed by atoms with Gasteiger partial charge in [0, 0.05) is 12.3 Å². The molecule has 52 valence electrons. The van der Waals surface area contributed by atoms with Crippen molar-refractivity contribution >= 4 is 12.1 Å². The van der Waals surface area contributed by atoms with Crippen LogP contribution in [0.15, 0.2) is 17.1 Å². The van der Waals surface area contributed by atoms with Crippen LogP contribution in [0.2, 0.25) is 0 Å². The molecule has 1 heterocycles. The second kappa shape index (κ2) is 2.34. The molecule has 0 aliphatic carbocycles. The Hall–Kier alpha value is -1.58. The number of carbonyl (C=O) groups is 1. The minimum Gasteiger partial charge on any atom is -0.385 e. The van der Waals surface area contributed by atoms with Gasteiger partial charge in [-0.1, -0.05) is 0 Å². The van der Waals surface area contributed by atoms with E-state index < -0.39 is 0 Å². The van der Waals surface area contributed by atoms with Crippen LogP contribution in [0.4, 0.5) is 5.82 Å². The molecular formula is C6H6N2O2. The Bertz CT molecular complexity index is 303. The number of hydrogen-bond acceptors (Lipinski definition) is 3. The van der Waals surface area contributed by atoms with Gasteiger partial charge in [0.15, 0.2) is 11.7 Å². The van der Waals surface area contributed by atoms with E-state index >= 15 is 0 Å². The molecule has 0 spiro atoms. The summed E-state index contributed by atoms with van der Waals surface area (Å²) in [6.45, 7) is 0. The highest BCUT2D eigenvalue weighted by atomic mass is 16.1. The van der Waals surface area contributed by atoms with Crippen molar-refractivity contribution in [3.8, 4) is 0 Å². The maximum atomic E-state index is 10.7. The second-order valence-electron chi connectivity index (χ2n) is 1.83. The summed E-state index contributed by atoms with van der Waals surface area (Å²) in [4.78, 5) is 23.4. The maximum absolute atomic E-state index is 10.7. The van der Waals surface area contributed by atoms with Crippen molar-refractivity contribution in [3.05, 3.63) is 28.0 Å². The summed E-state index contributed by atoms with van der Waals surface area (Å²) in [6, 6.07) is 1.17. The van der Waals surface area contributed by atoms with E-state index in [9.17, 15) is 9.59 Å². The van der Waals surface area contributed by atoms with Crippen LogP contribution in [-0.4, -0.2) is 11.3 Å². The Morgan fingerprint density at radius 3 is 2.80 bits per heavy atom. The first-order valence-corrected chi connectivity index (χ1v) is 2.67. The summed E-state index contributed by atoms with van der Waals surface area (Å²) in [5, 5.41) is 0. The van der Waals surface area contributed by atoms with Crippen LogP contribution in [0.25, 0.3) is 0 Å². The SMILES string of the molecule is Nc1cc(=O)c(C=O)c[nH]1. The van der Waals surface area contributed by atoms with E-state index in [1.807, 2.05) is 0 Å². The molecular weight excluding hydrogens is 132 g/mol. The standard InChI is InChI=1S/C6H6N2O2/c7-6-1-5(10)4(3-9)2-8-6/h1-3H,(H3,7,8,10). The molecule has 0 aliphatic rings. The average Bonchev–Trinajstić information content (AvgIpc) is 1.88. The Morgan fingerprint density at radius 1 is 1.60 bits per heavy atom. The number of nitrogens with one attached hydrogen (secondary N) is 1. The minimum atomic E-state index is -0.355. The van der Waals surface area contributed by atoms with Gasteiger partial charge in [0.1, 0.15) is 5.82 Å². The number of H-pyrrole nitrogens is 1. The number of pyridine rings is 1. The molecule has 0 saturated heterocycles. The van der Waals surface area contributed by atoms with Crippen molar-refractivity contribution in [2.45, 2.75) is 0 Å². The first-order chi connectivity index (χ1) is 4.74. The van der Waals surface area contributed by atoms with Gasteiger partial charge in [-0.2, -0.15) is 0 Å². The summed E-state index contributed by atoms with van der Waals surface area (Å²) in [5.41, 5.74) is 4.95. The van der Waals surface area contributed by atoms with Crippen molar-refractivity contribution in [3.63, 3.8) is 0 Å². The number of nitrogen functional groups attached to an aromatic ring is 1. The summed E-state index contributed by atoms with van der Waals surface area (Å²) in [5.74, 6) is 0.260. The predicted molar refractivity (Wildman–Crippen MR) is 36.9 cm³/mol. The van der Waals surface area contributed by atoms with E-state index in [0.717, 1.165) is 0 Å². The lowest BCUT2D eigenvalue weighted by atomic mass is 10.3. The zero-order valence-electron chi connectivity index (χ0n) is 5.13. The molecule has 10 heavy (non-hydrogen) atoms. The number of aromatic amines is 1. The van der Waals surface area contributed by atoms with E-state index in [4.69, 9.17) is 5.73 Å². The second-order valence-corrected chi connectivity index (χ2v) is 1.83. The molecule has 0 unspecified atom stereocenters. The summed E-state index contributed by atoms with van der Waals surface area (Å²) in [7, 11) is 0. The smallest absolute Gasteiger partial charge is 0.194 e. The molecule has 0 fully saturated rings. The topological polar surface area (TPSA) is 76.0 Å². The van der Waals surface area contributed by atoms with Gasteiger partial charge >= 0.3 is 0 Å². The van der Waals surface area contributed by atoms with Gasteiger partial charge in [0.25, 0.3) is 0 Å².